The molecule has 0 saturated carbocycles. The molecule has 0 spiro atoms. The highest BCUT2D eigenvalue weighted by Crippen LogP contribution is 1.99. The van der Waals surface area contributed by atoms with E-state index in [1.165, 1.54) is 14.0 Å². The summed E-state index contributed by atoms with van der Waals surface area (Å²) in [5.41, 5.74) is 0. The smallest absolute Gasteiger partial charge is 0.306 e. The maximum atomic E-state index is 10.6. The van der Waals surface area contributed by atoms with Crippen LogP contribution >= 0.6 is 0 Å². The van der Waals surface area contributed by atoms with Gasteiger partial charge >= 0.3 is 5.97 Å². The summed E-state index contributed by atoms with van der Waals surface area (Å²) in [6.07, 6.45) is 0.0475. The van der Waals surface area contributed by atoms with Crippen LogP contribution in [0.5, 0.6) is 0 Å². The molecule has 0 bridgehead atoms. The highest BCUT2D eigenvalue weighted by molar-refractivity contribution is 5.81. The van der Waals surface area contributed by atoms with Crippen LogP contribution in [0.15, 0.2) is 0 Å². The number of aliphatic carboxylic acids is 1. The molecule has 1 atom stereocenters. The minimum absolute atomic E-state index is 0.0475. The van der Waals surface area contributed by atoms with Gasteiger partial charge in [0.25, 0.3) is 0 Å². The maximum absolute atomic E-state index is 10.6. The van der Waals surface area contributed by atoms with Crippen molar-refractivity contribution in [1.29, 1.82) is 0 Å². The van der Waals surface area contributed by atoms with Gasteiger partial charge < -0.3 is 10.4 Å². The summed E-state index contributed by atoms with van der Waals surface area (Å²) in [4.78, 5) is 20.7. The van der Waals surface area contributed by atoms with Gasteiger partial charge in [-0.25, -0.2) is 0 Å². The average molecular weight is 205 g/mol. The first-order valence-corrected chi connectivity index (χ1v) is 5.01. The Hall–Kier alpha value is -1.06. The molecule has 1 amide bonds. The number of carbonyl (C=O) groups is 2. The quantitative estimate of drug-likeness (QED) is 0.739. The Bertz CT molecular complexity index is 146. The Labute approximate surface area is 86.7 Å². The Balaban J connectivity index is -0.000000266. The van der Waals surface area contributed by atoms with Gasteiger partial charge in [0.1, 0.15) is 0 Å². The summed E-state index contributed by atoms with van der Waals surface area (Å²) in [6.45, 7) is 9.50. The van der Waals surface area contributed by atoms with Crippen molar-refractivity contribution >= 4 is 11.9 Å². The first-order valence-electron chi connectivity index (χ1n) is 5.01. The van der Waals surface area contributed by atoms with Crippen LogP contribution < -0.4 is 5.32 Å². The van der Waals surface area contributed by atoms with Gasteiger partial charge in [-0.15, -0.1) is 0 Å². The zero-order valence-electron chi connectivity index (χ0n) is 10.0. The van der Waals surface area contributed by atoms with E-state index >= 15 is 0 Å². The predicted octanol–water partition coefficient (Wildman–Crippen LogP) is 1.90. The summed E-state index contributed by atoms with van der Waals surface area (Å²) in [6, 6.07) is 0. The average Bonchev–Trinajstić information content (AvgIpc) is 2.23. The number of nitrogens with one attached hydrogen (secondary N) is 1. The molecule has 0 aliphatic carbocycles. The molecule has 4 nitrogen and oxygen atoms in total. The Morgan fingerprint density at radius 3 is 1.79 bits per heavy atom. The zero-order valence-corrected chi connectivity index (χ0v) is 10.0. The van der Waals surface area contributed by atoms with E-state index in [9.17, 15) is 9.59 Å². The molecule has 0 radical (unpaired) electrons. The molecule has 0 aliphatic rings. The van der Waals surface area contributed by atoms with Crippen molar-refractivity contribution in [1.82, 2.24) is 5.32 Å². The third-order valence-electron chi connectivity index (χ3n) is 1.19. The van der Waals surface area contributed by atoms with Crippen molar-refractivity contribution in [3.63, 3.8) is 0 Å². The molecule has 2 N–H and O–H groups in total. The van der Waals surface area contributed by atoms with Crippen molar-refractivity contribution in [3.8, 4) is 0 Å². The molecule has 0 aromatic carbocycles. The minimum Gasteiger partial charge on any atom is -0.481 e. The molecular formula is C10H23NO3. The third kappa shape index (κ3) is 13.5. The van der Waals surface area contributed by atoms with Gasteiger partial charge in [-0.2, -0.15) is 0 Å². The SMILES string of the molecule is CC.CC.CNC(=O)CC(C)C(=O)O. The van der Waals surface area contributed by atoms with Gasteiger partial charge in [0, 0.05) is 13.5 Å². The summed E-state index contributed by atoms with van der Waals surface area (Å²) in [5.74, 6) is -1.78. The van der Waals surface area contributed by atoms with E-state index < -0.39 is 11.9 Å². The van der Waals surface area contributed by atoms with Crippen LogP contribution in [0.3, 0.4) is 0 Å². The van der Waals surface area contributed by atoms with Crippen LogP contribution in [0, 0.1) is 5.92 Å². The number of carbonyl (C=O) groups excluding carboxylic acids is 1. The monoisotopic (exact) mass is 205 g/mol. The lowest BCUT2D eigenvalue weighted by molar-refractivity contribution is -0.143. The van der Waals surface area contributed by atoms with Gasteiger partial charge in [-0.1, -0.05) is 34.6 Å². The standard InChI is InChI=1S/C6H11NO3.2C2H6/c1-4(6(9)10)3-5(8)7-2;2*1-2/h4H,3H2,1-2H3,(H,7,8)(H,9,10);2*1-2H3. The summed E-state index contributed by atoms with van der Waals surface area (Å²) in [7, 11) is 1.48. The van der Waals surface area contributed by atoms with E-state index in [4.69, 9.17) is 5.11 Å². The maximum Gasteiger partial charge on any atom is 0.306 e. The van der Waals surface area contributed by atoms with E-state index in [0.29, 0.717) is 0 Å². The van der Waals surface area contributed by atoms with E-state index in [2.05, 4.69) is 5.32 Å². The number of rotatable bonds is 3. The molecule has 0 saturated heterocycles. The lowest BCUT2D eigenvalue weighted by Gasteiger charge is -2.02. The number of amides is 1. The zero-order chi connectivity index (χ0) is 12.1. The fraction of sp³-hybridized carbons (Fsp3) is 0.800. The fourth-order valence-corrected chi connectivity index (χ4v) is 0.467. The second-order valence-electron chi connectivity index (χ2n) is 2.12. The number of hydrogen-bond acceptors (Lipinski definition) is 2. The van der Waals surface area contributed by atoms with Crippen LogP contribution in [0.1, 0.15) is 41.0 Å². The fourth-order valence-electron chi connectivity index (χ4n) is 0.467. The lowest BCUT2D eigenvalue weighted by atomic mass is 10.1. The highest BCUT2D eigenvalue weighted by Gasteiger charge is 2.13. The van der Waals surface area contributed by atoms with Crippen LogP contribution in [0.25, 0.3) is 0 Å². The molecule has 0 fully saturated rings. The van der Waals surface area contributed by atoms with Crippen molar-refractivity contribution in [2.75, 3.05) is 7.05 Å². The van der Waals surface area contributed by atoms with Crippen LogP contribution in [-0.2, 0) is 9.59 Å². The molecule has 0 aromatic heterocycles. The highest BCUT2D eigenvalue weighted by atomic mass is 16.4. The molecular weight excluding hydrogens is 182 g/mol. The van der Waals surface area contributed by atoms with Crippen molar-refractivity contribution in [2.45, 2.75) is 41.0 Å². The third-order valence-corrected chi connectivity index (χ3v) is 1.19. The largest absolute Gasteiger partial charge is 0.481 e. The van der Waals surface area contributed by atoms with E-state index in [0.717, 1.165) is 0 Å². The Morgan fingerprint density at radius 1 is 1.21 bits per heavy atom. The van der Waals surface area contributed by atoms with Crippen molar-refractivity contribution in [3.05, 3.63) is 0 Å². The van der Waals surface area contributed by atoms with Gasteiger partial charge in [0.05, 0.1) is 5.92 Å². The van der Waals surface area contributed by atoms with Crippen molar-refractivity contribution in [2.24, 2.45) is 5.92 Å². The van der Waals surface area contributed by atoms with Crippen LogP contribution in [-0.4, -0.2) is 24.0 Å². The number of carboxylic acids is 1. The molecule has 0 aromatic rings. The van der Waals surface area contributed by atoms with E-state index in [1.807, 2.05) is 27.7 Å². The Kier molecular flexibility index (Phi) is 19.3. The predicted molar refractivity (Wildman–Crippen MR) is 58.2 cm³/mol. The summed E-state index contributed by atoms with van der Waals surface area (Å²) in [5, 5.41) is 10.7. The minimum atomic E-state index is -0.941. The van der Waals surface area contributed by atoms with Crippen LogP contribution in [0.4, 0.5) is 0 Å². The van der Waals surface area contributed by atoms with Gasteiger partial charge in [0.15, 0.2) is 0 Å². The van der Waals surface area contributed by atoms with E-state index in [-0.39, 0.29) is 12.3 Å². The first-order chi connectivity index (χ1) is 6.57. The topological polar surface area (TPSA) is 66.4 Å². The van der Waals surface area contributed by atoms with E-state index in [1.54, 1.807) is 0 Å². The second kappa shape index (κ2) is 14.5. The van der Waals surface area contributed by atoms with Crippen LogP contribution in [0.2, 0.25) is 0 Å². The number of carboxylic acid groups (broad SMARTS) is 1. The molecule has 0 rings (SSSR count). The molecule has 0 aliphatic heterocycles. The second-order valence-corrected chi connectivity index (χ2v) is 2.12. The molecule has 4 heteroatoms. The molecule has 1 unspecified atom stereocenters. The Morgan fingerprint density at radius 2 is 1.57 bits per heavy atom. The molecule has 0 heterocycles. The summed E-state index contributed by atoms with van der Waals surface area (Å²) < 4.78 is 0. The normalized spacial score (nSPS) is 9.57. The summed E-state index contributed by atoms with van der Waals surface area (Å²) >= 11 is 0. The molecule has 14 heavy (non-hydrogen) atoms. The van der Waals surface area contributed by atoms with Gasteiger partial charge in [-0.3, -0.25) is 9.59 Å². The van der Waals surface area contributed by atoms with Crippen molar-refractivity contribution < 1.29 is 14.7 Å². The van der Waals surface area contributed by atoms with Gasteiger partial charge in [0.2, 0.25) is 5.91 Å². The lowest BCUT2D eigenvalue weighted by Crippen LogP contribution is -2.23. The number of hydrogen-bond donors (Lipinski definition) is 2. The first kappa shape index (κ1) is 18.7. The van der Waals surface area contributed by atoms with Gasteiger partial charge in [-0.05, 0) is 0 Å². The molecule has 86 valence electrons.